The van der Waals surface area contributed by atoms with Gasteiger partial charge in [0.25, 0.3) is 0 Å². The van der Waals surface area contributed by atoms with Gasteiger partial charge in [-0.25, -0.2) is 0 Å². The Bertz CT molecular complexity index is 60.2. The molecule has 0 bridgehead atoms. The molecule has 0 N–H and O–H groups in total. The third-order valence-electron chi connectivity index (χ3n) is 0. The summed E-state index contributed by atoms with van der Waals surface area (Å²) in [6.07, 6.45) is 0. The van der Waals surface area contributed by atoms with Crippen LogP contribution in [0, 0.1) is 47.3 Å². The summed E-state index contributed by atoms with van der Waals surface area (Å²) >= 11 is 0. The Kier molecular flexibility index (Phi) is 45800. The normalized spacial score (nSPS) is 0.800. The summed E-state index contributed by atoms with van der Waals surface area (Å²) in [6.45, 7) is 19.0. The minimum atomic E-state index is 0. The Morgan fingerprint density at radius 1 is 0.500 bits per heavy atom. The number of rotatable bonds is 0. The fraction of sp³-hybridized carbons (Fsp3) is 0. The van der Waals surface area contributed by atoms with Gasteiger partial charge >= 0.3 is 71.8 Å². The van der Waals surface area contributed by atoms with Crippen LogP contribution in [0.5, 0.6) is 0 Å². The molecule has 0 fully saturated rings. The molecule has 0 aliphatic carbocycles. The van der Waals surface area contributed by atoms with Gasteiger partial charge in [-0.15, -0.1) is 0 Å². The Balaban J connectivity index is -0.00000000500. The second-order valence-electron chi connectivity index (χ2n) is 0. The van der Waals surface area contributed by atoms with Crippen molar-refractivity contribution in [1.29, 1.82) is 21.0 Å². The Morgan fingerprint density at radius 2 is 0.500 bits per heavy atom. The van der Waals surface area contributed by atoms with Crippen LogP contribution in [0.15, 0.2) is 0 Å². The van der Waals surface area contributed by atoms with Crippen molar-refractivity contribution in [2.24, 2.45) is 0 Å². The van der Waals surface area contributed by atoms with Crippen LogP contribution in [-0.4, -0.2) is 0 Å². The summed E-state index contributed by atoms with van der Waals surface area (Å²) in [5.41, 5.74) is 0. The van der Waals surface area contributed by atoms with Crippen LogP contribution in [0.2, 0.25) is 0 Å². The number of nitrogens with zero attached hydrogens (tertiary/aromatic N) is 4. The number of hydrogen-bond donors (Lipinski definition) is 0. The van der Waals surface area contributed by atoms with Gasteiger partial charge in [0.1, 0.15) is 0 Å². The molecule has 10 heavy (non-hydrogen) atoms. The summed E-state index contributed by atoms with van der Waals surface area (Å²) < 4.78 is 0. The van der Waals surface area contributed by atoms with Crippen molar-refractivity contribution in [2.75, 3.05) is 0 Å². The van der Waals surface area contributed by atoms with Gasteiger partial charge < -0.3 is 47.3 Å². The molecule has 48 valence electrons. The maximum absolute atomic E-state index is 6.25. The number of hydrogen-bond acceptors (Lipinski definition) is 4. The molecule has 4 nitrogen and oxygen atoms in total. The zero-order valence-corrected chi connectivity index (χ0v) is 9.78. The SMILES string of the molecule is [C-]#N.[C-]#N.[C-]#N.[C-]#N.[K+].[Pd+2]. The molecule has 0 spiro atoms. The molecule has 0 aromatic rings. The van der Waals surface area contributed by atoms with Crippen molar-refractivity contribution in [3.05, 3.63) is 26.3 Å². The van der Waals surface area contributed by atoms with E-state index in [0.29, 0.717) is 0 Å². The second kappa shape index (κ2) is 9440. The Hall–Kier alpha value is 0.259. The predicted molar refractivity (Wildman–Crippen MR) is 19.9 cm³/mol. The van der Waals surface area contributed by atoms with Crippen molar-refractivity contribution in [1.82, 2.24) is 0 Å². The first-order valence-corrected chi connectivity index (χ1v) is 0.894. The molecule has 0 aromatic carbocycles. The van der Waals surface area contributed by atoms with Gasteiger partial charge in [-0.2, -0.15) is 0 Å². The summed E-state index contributed by atoms with van der Waals surface area (Å²) in [5.74, 6) is 0. The van der Waals surface area contributed by atoms with E-state index in [1.54, 1.807) is 0 Å². The molecule has 0 amide bonds. The fourth-order valence-electron chi connectivity index (χ4n) is 0. The van der Waals surface area contributed by atoms with Crippen LogP contribution in [0.3, 0.4) is 0 Å². The van der Waals surface area contributed by atoms with Crippen molar-refractivity contribution in [3.8, 4) is 0 Å². The molecule has 0 unspecified atom stereocenters. The monoisotopic (exact) mass is 249 g/mol. The maximum Gasteiger partial charge on any atom is 2.00 e. The van der Waals surface area contributed by atoms with Crippen molar-refractivity contribution < 1.29 is 71.8 Å². The topological polar surface area (TPSA) is 95.2 Å². The summed E-state index contributed by atoms with van der Waals surface area (Å²) in [5, 5.41) is 25.0. The van der Waals surface area contributed by atoms with E-state index in [0.717, 1.165) is 0 Å². The fourth-order valence-corrected chi connectivity index (χ4v) is 0. The average Bonchev–Trinajstić information content (AvgIpc) is 2.03. The van der Waals surface area contributed by atoms with Gasteiger partial charge in [0, 0.05) is 0 Å². The van der Waals surface area contributed by atoms with E-state index >= 15 is 0 Å². The van der Waals surface area contributed by atoms with Gasteiger partial charge in [-0.1, -0.05) is 0 Å². The first-order valence-electron chi connectivity index (χ1n) is 0.894. The third-order valence-corrected chi connectivity index (χ3v) is 0. The summed E-state index contributed by atoms with van der Waals surface area (Å²) in [6, 6.07) is 0. The van der Waals surface area contributed by atoms with Crippen LogP contribution < -0.4 is 51.4 Å². The van der Waals surface area contributed by atoms with Crippen LogP contribution >= 0.6 is 0 Å². The molecular weight excluding hydrogens is 250 g/mol. The van der Waals surface area contributed by atoms with Crippen molar-refractivity contribution in [2.45, 2.75) is 0 Å². The molecule has 0 saturated heterocycles. The molecule has 0 aliphatic heterocycles. The first kappa shape index (κ1) is 48.5. The van der Waals surface area contributed by atoms with Gasteiger partial charge in [0.2, 0.25) is 0 Å². The standard InChI is InChI=1S/4CN.K.Pd/c4*1-2;;/q4*-1;+1;+2. The average molecular weight is 250 g/mol. The van der Waals surface area contributed by atoms with Gasteiger partial charge in [0.05, 0.1) is 0 Å². The summed E-state index contributed by atoms with van der Waals surface area (Å²) in [7, 11) is 0. The van der Waals surface area contributed by atoms with Crippen LogP contribution in [0.4, 0.5) is 0 Å². The smallest absolute Gasteiger partial charge is 0.512 e. The Morgan fingerprint density at radius 3 is 0.500 bits per heavy atom. The van der Waals surface area contributed by atoms with Crippen molar-refractivity contribution >= 4 is 0 Å². The molecule has 0 saturated carbocycles. The first-order chi connectivity index (χ1) is 4.00. The molecular formula is C4KN4Pd-. The molecule has 0 aliphatic rings. The largest absolute Gasteiger partial charge is 2.00 e. The molecule has 6 heteroatoms. The van der Waals surface area contributed by atoms with E-state index in [1.807, 2.05) is 0 Å². The van der Waals surface area contributed by atoms with Gasteiger partial charge in [-0.05, 0) is 0 Å². The maximum atomic E-state index is 6.25. The van der Waals surface area contributed by atoms with Gasteiger partial charge in [0.15, 0.2) is 0 Å². The molecule has 0 aromatic heterocycles. The zero-order valence-electron chi connectivity index (χ0n) is 5.11. The minimum absolute atomic E-state index is 0. The summed E-state index contributed by atoms with van der Waals surface area (Å²) in [4.78, 5) is 0. The van der Waals surface area contributed by atoms with E-state index in [-0.39, 0.29) is 71.8 Å². The Labute approximate surface area is 117 Å². The van der Waals surface area contributed by atoms with Crippen LogP contribution in [0.25, 0.3) is 0 Å². The zero-order chi connectivity index (χ0) is 8.00. The molecule has 0 radical (unpaired) electrons. The van der Waals surface area contributed by atoms with Crippen LogP contribution in [0.1, 0.15) is 0 Å². The van der Waals surface area contributed by atoms with Crippen molar-refractivity contribution in [3.63, 3.8) is 0 Å². The van der Waals surface area contributed by atoms with E-state index in [9.17, 15) is 0 Å². The molecule has 0 rings (SSSR count). The van der Waals surface area contributed by atoms with E-state index in [2.05, 4.69) is 0 Å². The van der Waals surface area contributed by atoms with E-state index in [4.69, 9.17) is 47.3 Å². The second-order valence-corrected chi connectivity index (χ2v) is 0. The van der Waals surface area contributed by atoms with Gasteiger partial charge in [-0.3, -0.25) is 0 Å². The minimum Gasteiger partial charge on any atom is -0.512 e. The van der Waals surface area contributed by atoms with E-state index < -0.39 is 0 Å². The van der Waals surface area contributed by atoms with E-state index in [1.165, 1.54) is 0 Å². The third kappa shape index (κ3) is 6500. The molecule has 0 heterocycles. The van der Waals surface area contributed by atoms with Crippen LogP contribution in [-0.2, 0) is 20.4 Å². The predicted octanol–water partition coefficient (Wildman–Crippen LogP) is -2.61. The molecule has 0 atom stereocenters. The quantitative estimate of drug-likeness (QED) is 0.347.